The number of hydrogen-bond acceptors (Lipinski definition) is 4. The van der Waals surface area contributed by atoms with Gasteiger partial charge < -0.3 is 5.73 Å². The Morgan fingerprint density at radius 1 is 1.21 bits per heavy atom. The van der Waals surface area contributed by atoms with Gasteiger partial charge in [-0.2, -0.15) is 5.26 Å². The highest BCUT2D eigenvalue weighted by Gasteiger charge is 2.36. The third kappa shape index (κ3) is 2.74. The van der Waals surface area contributed by atoms with Crippen molar-refractivity contribution in [1.29, 1.82) is 5.26 Å². The zero-order chi connectivity index (χ0) is 17.3. The standard InChI is InChI=1S/C19H18N4O/c1-19(11-17(24)23(2)18(21)22-19)16-8-4-7-15(10-16)14-6-3-5-13(9-14)12-20/h3-10H,11H2,1-2H3,(H2,21,22). The maximum absolute atomic E-state index is 12.2. The number of nitriles is 1. The Hall–Kier alpha value is -3.13. The van der Waals surface area contributed by atoms with Gasteiger partial charge in [0.15, 0.2) is 5.96 Å². The summed E-state index contributed by atoms with van der Waals surface area (Å²) in [5.74, 6) is 0.174. The largest absolute Gasteiger partial charge is 0.369 e. The number of aliphatic imine (C=N–C) groups is 1. The average Bonchev–Trinajstić information content (AvgIpc) is 2.60. The summed E-state index contributed by atoms with van der Waals surface area (Å²) in [4.78, 5) is 18.1. The summed E-state index contributed by atoms with van der Waals surface area (Å²) in [5.41, 5.74) is 8.67. The molecule has 5 nitrogen and oxygen atoms in total. The summed E-state index contributed by atoms with van der Waals surface area (Å²) < 4.78 is 0. The van der Waals surface area contributed by atoms with E-state index in [1.54, 1.807) is 13.1 Å². The molecule has 2 N–H and O–H groups in total. The molecule has 0 aromatic heterocycles. The van der Waals surface area contributed by atoms with Crippen molar-refractivity contribution in [2.45, 2.75) is 18.9 Å². The highest BCUT2D eigenvalue weighted by molar-refractivity contribution is 5.98. The van der Waals surface area contributed by atoms with Crippen molar-refractivity contribution in [2.24, 2.45) is 10.7 Å². The van der Waals surface area contributed by atoms with E-state index in [2.05, 4.69) is 11.1 Å². The highest BCUT2D eigenvalue weighted by Crippen LogP contribution is 2.35. The first-order valence-electron chi connectivity index (χ1n) is 7.66. The molecule has 2 aromatic carbocycles. The van der Waals surface area contributed by atoms with Crippen LogP contribution in [-0.4, -0.2) is 23.8 Å². The predicted octanol–water partition coefficient (Wildman–Crippen LogP) is 2.62. The first-order chi connectivity index (χ1) is 11.4. The monoisotopic (exact) mass is 318 g/mol. The van der Waals surface area contributed by atoms with E-state index in [0.717, 1.165) is 16.7 Å². The molecule has 5 heteroatoms. The third-order valence-electron chi connectivity index (χ3n) is 4.38. The minimum absolute atomic E-state index is 0.0538. The van der Waals surface area contributed by atoms with Gasteiger partial charge in [-0.1, -0.05) is 30.3 Å². The van der Waals surface area contributed by atoms with Crippen LogP contribution in [0.15, 0.2) is 53.5 Å². The predicted molar refractivity (Wildman–Crippen MR) is 93.0 cm³/mol. The zero-order valence-electron chi connectivity index (χ0n) is 13.7. The lowest BCUT2D eigenvalue weighted by Crippen LogP contribution is -2.47. The number of rotatable bonds is 2. The van der Waals surface area contributed by atoms with Crippen LogP contribution in [0.2, 0.25) is 0 Å². The van der Waals surface area contributed by atoms with Crippen LogP contribution in [0.25, 0.3) is 11.1 Å². The first kappa shape index (κ1) is 15.8. The van der Waals surface area contributed by atoms with Crippen molar-refractivity contribution in [3.63, 3.8) is 0 Å². The maximum Gasteiger partial charge on any atom is 0.231 e. The van der Waals surface area contributed by atoms with E-state index in [-0.39, 0.29) is 18.3 Å². The molecule has 0 fully saturated rings. The molecule has 1 heterocycles. The topological polar surface area (TPSA) is 82.5 Å². The SMILES string of the molecule is CN1C(=O)CC(C)(c2cccc(-c3cccc(C#N)c3)c2)N=C1N. The minimum Gasteiger partial charge on any atom is -0.369 e. The van der Waals surface area contributed by atoms with Crippen LogP contribution < -0.4 is 5.73 Å². The molecule has 1 unspecified atom stereocenters. The molecule has 0 radical (unpaired) electrons. The van der Waals surface area contributed by atoms with E-state index in [0.29, 0.717) is 5.56 Å². The number of nitrogens with two attached hydrogens (primary N) is 1. The van der Waals surface area contributed by atoms with E-state index in [1.807, 2.05) is 49.4 Å². The summed E-state index contributed by atoms with van der Waals surface area (Å²) in [5, 5.41) is 9.07. The van der Waals surface area contributed by atoms with Crippen molar-refractivity contribution in [2.75, 3.05) is 7.05 Å². The minimum atomic E-state index is -0.684. The smallest absolute Gasteiger partial charge is 0.231 e. The number of carbonyl (C=O) groups excluding carboxylic acids is 1. The van der Waals surface area contributed by atoms with E-state index in [9.17, 15) is 4.79 Å². The third-order valence-corrected chi connectivity index (χ3v) is 4.38. The fraction of sp³-hybridized carbons (Fsp3) is 0.211. The van der Waals surface area contributed by atoms with E-state index < -0.39 is 5.54 Å². The Bertz CT molecular complexity index is 881. The van der Waals surface area contributed by atoms with Gasteiger partial charge in [0.25, 0.3) is 0 Å². The molecule has 0 bridgehead atoms. The number of guanidine groups is 1. The van der Waals surface area contributed by atoms with E-state index >= 15 is 0 Å². The Morgan fingerprint density at radius 3 is 2.54 bits per heavy atom. The molecule has 1 atom stereocenters. The second-order valence-corrected chi connectivity index (χ2v) is 6.15. The molecule has 0 saturated heterocycles. The summed E-state index contributed by atoms with van der Waals surface area (Å²) >= 11 is 0. The van der Waals surface area contributed by atoms with Gasteiger partial charge in [0, 0.05) is 7.05 Å². The molecular formula is C19H18N4O. The van der Waals surface area contributed by atoms with Crippen LogP contribution in [0.1, 0.15) is 24.5 Å². The number of carbonyl (C=O) groups is 1. The normalized spacial score (nSPS) is 20.5. The molecule has 2 aromatic rings. The Labute approximate surface area is 141 Å². The Kier molecular flexibility index (Phi) is 3.82. The van der Waals surface area contributed by atoms with Gasteiger partial charge in [-0.05, 0) is 41.8 Å². The van der Waals surface area contributed by atoms with Crippen LogP contribution in [0.3, 0.4) is 0 Å². The number of amides is 1. The van der Waals surface area contributed by atoms with Crippen molar-refractivity contribution in [3.05, 3.63) is 59.7 Å². The number of hydrogen-bond donors (Lipinski definition) is 1. The van der Waals surface area contributed by atoms with Gasteiger partial charge >= 0.3 is 0 Å². The maximum atomic E-state index is 12.2. The molecule has 1 amide bonds. The summed E-state index contributed by atoms with van der Waals surface area (Å²) in [7, 11) is 1.63. The molecule has 1 aliphatic heterocycles. The average molecular weight is 318 g/mol. The Morgan fingerprint density at radius 2 is 1.88 bits per heavy atom. The van der Waals surface area contributed by atoms with Gasteiger partial charge in [-0.25, -0.2) is 4.99 Å². The van der Waals surface area contributed by atoms with Crippen molar-refractivity contribution < 1.29 is 4.79 Å². The van der Waals surface area contributed by atoms with Gasteiger partial charge in [-0.3, -0.25) is 9.69 Å². The van der Waals surface area contributed by atoms with Crippen molar-refractivity contribution >= 4 is 11.9 Å². The van der Waals surface area contributed by atoms with Gasteiger partial charge in [-0.15, -0.1) is 0 Å². The fourth-order valence-corrected chi connectivity index (χ4v) is 2.88. The van der Waals surface area contributed by atoms with Crippen LogP contribution in [0.5, 0.6) is 0 Å². The highest BCUT2D eigenvalue weighted by atomic mass is 16.2. The molecule has 0 saturated carbocycles. The Balaban J connectivity index is 2.05. The van der Waals surface area contributed by atoms with Crippen LogP contribution in [0.4, 0.5) is 0 Å². The van der Waals surface area contributed by atoms with Gasteiger partial charge in [0.1, 0.15) is 0 Å². The quantitative estimate of drug-likeness (QED) is 0.924. The molecule has 3 rings (SSSR count). The lowest BCUT2D eigenvalue weighted by molar-refractivity contribution is -0.128. The van der Waals surface area contributed by atoms with Crippen LogP contribution >= 0.6 is 0 Å². The summed E-state index contributed by atoms with van der Waals surface area (Å²) in [6.45, 7) is 1.91. The molecular weight excluding hydrogens is 300 g/mol. The van der Waals surface area contributed by atoms with Gasteiger partial charge in [0.05, 0.1) is 23.6 Å². The lowest BCUT2D eigenvalue weighted by atomic mass is 9.86. The summed E-state index contributed by atoms with van der Waals surface area (Å²) in [6.07, 6.45) is 0.270. The fourth-order valence-electron chi connectivity index (χ4n) is 2.88. The second-order valence-electron chi connectivity index (χ2n) is 6.15. The summed E-state index contributed by atoms with van der Waals surface area (Å²) in [6, 6.07) is 17.5. The van der Waals surface area contributed by atoms with E-state index in [4.69, 9.17) is 11.0 Å². The molecule has 0 spiro atoms. The number of nitrogens with zero attached hydrogens (tertiary/aromatic N) is 3. The lowest BCUT2D eigenvalue weighted by Gasteiger charge is -2.33. The van der Waals surface area contributed by atoms with Crippen LogP contribution in [-0.2, 0) is 10.3 Å². The number of benzene rings is 2. The second kappa shape index (κ2) is 5.82. The van der Waals surface area contributed by atoms with Crippen molar-refractivity contribution in [1.82, 2.24) is 4.90 Å². The van der Waals surface area contributed by atoms with Gasteiger partial charge in [0.2, 0.25) is 5.91 Å². The first-order valence-corrected chi connectivity index (χ1v) is 7.66. The zero-order valence-corrected chi connectivity index (χ0v) is 13.7. The molecule has 120 valence electrons. The van der Waals surface area contributed by atoms with Crippen molar-refractivity contribution in [3.8, 4) is 17.2 Å². The van der Waals surface area contributed by atoms with Crippen LogP contribution in [0, 0.1) is 11.3 Å². The van der Waals surface area contributed by atoms with E-state index in [1.165, 1.54) is 4.90 Å². The molecule has 24 heavy (non-hydrogen) atoms. The molecule has 1 aliphatic rings. The molecule has 0 aliphatic carbocycles.